The first kappa shape index (κ1) is 17.8. The summed E-state index contributed by atoms with van der Waals surface area (Å²) in [6.07, 6.45) is 5.41. The van der Waals surface area contributed by atoms with Gasteiger partial charge in [-0.2, -0.15) is 0 Å². The number of allylic oxidation sites excluding steroid dienone is 2. The Labute approximate surface area is 170 Å². The van der Waals surface area contributed by atoms with Crippen molar-refractivity contribution in [3.05, 3.63) is 83.4 Å². The fourth-order valence-electron chi connectivity index (χ4n) is 4.89. The van der Waals surface area contributed by atoms with Gasteiger partial charge in [0.25, 0.3) is 5.91 Å². The number of phenols is 1. The molecule has 1 aliphatic carbocycles. The minimum atomic E-state index is -0.0392. The van der Waals surface area contributed by atoms with Crippen LogP contribution in [0.15, 0.2) is 66.7 Å². The molecule has 1 amide bonds. The predicted molar refractivity (Wildman–Crippen MR) is 116 cm³/mol. The Morgan fingerprint density at radius 2 is 2.03 bits per heavy atom. The van der Waals surface area contributed by atoms with Crippen molar-refractivity contribution < 1.29 is 9.90 Å². The van der Waals surface area contributed by atoms with Gasteiger partial charge in [-0.05, 0) is 59.9 Å². The molecule has 29 heavy (non-hydrogen) atoms. The number of anilines is 1. The Morgan fingerprint density at radius 1 is 1.17 bits per heavy atom. The molecular weight excluding hydrogens is 360 g/mol. The molecule has 5 rings (SSSR count). The minimum absolute atomic E-state index is 0.00363. The first-order valence-electron chi connectivity index (χ1n) is 10.2. The molecule has 0 saturated heterocycles. The van der Waals surface area contributed by atoms with Crippen LogP contribution in [-0.2, 0) is 0 Å². The number of phenolic OH excluding ortho intramolecular Hbond substituents is 1. The average Bonchev–Trinajstić information content (AvgIpc) is 3.23. The van der Waals surface area contributed by atoms with E-state index in [-0.39, 0.29) is 17.9 Å². The van der Waals surface area contributed by atoms with Gasteiger partial charge in [-0.1, -0.05) is 42.5 Å². The van der Waals surface area contributed by atoms with E-state index in [1.807, 2.05) is 43.3 Å². The van der Waals surface area contributed by atoms with Gasteiger partial charge in [0.05, 0.1) is 6.04 Å². The van der Waals surface area contributed by atoms with Crippen LogP contribution in [0, 0.1) is 5.92 Å². The molecule has 0 bridgehead atoms. The van der Waals surface area contributed by atoms with E-state index < -0.39 is 0 Å². The van der Waals surface area contributed by atoms with Crippen molar-refractivity contribution in [2.24, 2.45) is 5.92 Å². The third-order valence-electron chi connectivity index (χ3n) is 6.22. The molecule has 4 heteroatoms. The fraction of sp³-hybridized carbons (Fsp3) is 0.240. The van der Waals surface area contributed by atoms with Crippen LogP contribution >= 0.6 is 0 Å². The fourth-order valence-corrected chi connectivity index (χ4v) is 4.89. The summed E-state index contributed by atoms with van der Waals surface area (Å²) < 4.78 is 0. The molecule has 3 N–H and O–H groups in total. The second-order valence-corrected chi connectivity index (χ2v) is 7.86. The van der Waals surface area contributed by atoms with Gasteiger partial charge in [-0.15, -0.1) is 0 Å². The molecular formula is C25H24N2O2. The lowest BCUT2D eigenvalue weighted by Gasteiger charge is -2.38. The number of carbonyl (C=O) groups excluding carboxylic acids is 1. The summed E-state index contributed by atoms with van der Waals surface area (Å²) in [4.78, 5) is 12.3. The van der Waals surface area contributed by atoms with Gasteiger partial charge < -0.3 is 15.7 Å². The molecule has 0 saturated carbocycles. The van der Waals surface area contributed by atoms with Crippen molar-refractivity contribution in [2.45, 2.75) is 25.3 Å². The minimum Gasteiger partial charge on any atom is -0.508 e. The van der Waals surface area contributed by atoms with Gasteiger partial charge in [0, 0.05) is 29.3 Å². The summed E-state index contributed by atoms with van der Waals surface area (Å²) in [6, 6.07) is 17.9. The number of benzene rings is 3. The number of hydrogen-bond donors (Lipinski definition) is 3. The summed E-state index contributed by atoms with van der Waals surface area (Å²) >= 11 is 0. The highest BCUT2D eigenvalue weighted by molar-refractivity contribution is 5.95. The van der Waals surface area contributed by atoms with E-state index in [2.05, 4.69) is 34.9 Å². The predicted octanol–water partition coefficient (Wildman–Crippen LogP) is 5.12. The average molecular weight is 384 g/mol. The van der Waals surface area contributed by atoms with Crippen LogP contribution in [0.3, 0.4) is 0 Å². The van der Waals surface area contributed by atoms with Gasteiger partial charge >= 0.3 is 0 Å². The normalized spacial score (nSPS) is 22.0. The third kappa shape index (κ3) is 2.87. The lowest BCUT2D eigenvalue weighted by molar-refractivity contribution is 0.0955. The summed E-state index contributed by atoms with van der Waals surface area (Å²) in [5.74, 6) is 0.810. The summed E-state index contributed by atoms with van der Waals surface area (Å²) in [7, 11) is 0. The van der Waals surface area contributed by atoms with Crippen molar-refractivity contribution >= 4 is 22.4 Å². The van der Waals surface area contributed by atoms with Gasteiger partial charge in [-0.3, -0.25) is 4.79 Å². The molecule has 3 unspecified atom stereocenters. The smallest absolute Gasteiger partial charge is 0.251 e. The van der Waals surface area contributed by atoms with Crippen LogP contribution < -0.4 is 10.6 Å². The first-order chi connectivity index (χ1) is 14.2. The zero-order chi connectivity index (χ0) is 20.0. The number of rotatable bonds is 3. The topological polar surface area (TPSA) is 61.4 Å². The molecule has 3 aromatic rings. The molecule has 2 aliphatic rings. The number of fused-ring (bicyclic) bond motifs is 4. The number of carbonyl (C=O) groups is 1. The second kappa shape index (κ2) is 6.96. The van der Waals surface area contributed by atoms with Crippen LogP contribution in [0.1, 0.15) is 46.8 Å². The van der Waals surface area contributed by atoms with E-state index in [1.165, 1.54) is 0 Å². The zero-order valence-electron chi connectivity index (χ0n) is 16.4. The molecule has 4 nitrogen and oxygen atoms in total. The van der Waals surface area contributed by atoms with E-state index in [4.69, 9.17) is 0 Å². The maximum absolute atomic E-state index is 12.3. The highest BCUT2D eigenvalue weighted by Gasteiger charge is 2.39. The van der Waals surface area contributed by atoms with Gasteiger partial charge in [0.1, 0.15) is 5.75 Å². The van der Waals surface area contributed by atoms with Crippen LogP contribution in [0.4, 0.5) is 5.69 Å². The maximum atomic E-state index is 12.3. The lowest BCUT2D eigenvalue weighted by atomic mass is 9.75. The summed E-state index contributed by atoms with van der Waals surface area (Å²) in [6.45, 7) is 2.54. The number of amides is 1. The third-order valence-corrected chi connectivity index (χ3v) is 6.22. The molecule has 146 valence electrons. The molecule has 0 spiro atoms. The number of nitrogens with one attached hydrogen (secondary N) is 2. The van der Waals surface area contributed by atoms with Crippen LogP contribution in [0.2, 0.25) is 0 Å². The number of hydrogen-bond acceptors (Lipinski definition) is 3. The zero-order valence-corrected chi connectivity index (χ0v) is 16.4. The standard InChI is InChI=1S/C25H24N2O2/c1-2-26-25(29)16-10-12-21-20(14-16)18-8-5-9-19(18)24(27-21)23-17-7-4-3-6-15(17)11-13-22(23)28/h3-8,10-14,18-19,24,27-28H,2,9H2,1H3,(H,26,29). The Kier molecular flexibility index (Phi) is 4.27. The van der Waals surface area contributed by atoms with Gasteiger partial charge in [0.2, 0.25) is 0 Å². The SMILES string of the molecule is CCNC(=O)c1ccc2c(c1)C1C=CCC1C(c1c(O)ccc3ccccc13)N2. The Morgan fingerprint density at radius 3 is 2.90 bits per heavy atom. The number of aromatic hydroxyl groups is 1. The van der Waals surface area contributed by atoms with E-state index in [0.717, 1.165) is 34.0 Å². The van der Waals surface area contributed by atoms with Crippen LogP contribution in [0.5, 0.6) is 5.75 Å². The van der Waals surface area contributed by atoms with Crippen LogP contribution in [-0.4, -0.2) is 17.6 Å². The van der Waals surface area contributed by atoms with Crippen molar-refractivity contribution in [1.29, 1.82) is 0 Å². The van der Waals surface area contributed by atoms with E-state index in [0.29, 0.717) is 23.8 Å². The largest absolute Gasteiger partial charge is 0.508 e. The van der Waals surface area contributed by atoms with Crippen molar-refractivity contribution in [1.82, 2.24) is 5.32 Å². The monoisotopic (exact) mass is 384 g/mol. The van der Waals surface area contributed by atoms with Gasteiger partial charge in [0.15, 0.2) is 0 Å². The summed E-state index contributed by atoms with van der Waals surface area (Å²) in [5.41, 5.74) is 3.84. The molecule has 3 atom stereocenters. The van der Waals surface area contributed by atoms with Crippen molar-refractivity contribution in [2.75, 3.05) is 11.9 Å². The quantitative estimate of drug-likeness (QED) is 0.549. The van der Waals surface area contributed by atoms with Gasteiger partial charge in [-0.25, -0.2) is 0 Å². The molecule has 0 fully saturated rings. The van der Waals surface area contributed by atoms with Crippen molar-refractivity contribution in [3.8, 4) is 5.75 Å². The highest BCUT2D eigenvalue weighted by Crippen LogP contribution is 2.52. The Hall–Kier alpha value is -3.27. The highest BCUT2D eigenvalue weighted by atomic mass is 16.3. The first-order valence-corrected chi connectivity index (χ1v) is 10.2. The molecule has 1 aliphatic heterocycles. The Bertz CT molecular complexity index is 1130. The molecule has 0 radical (unpaired) electrons. The Balaban J connectivity index is 1.62. The molecule has 1 heterocycles. The van der Waals surface area contributed by atoms with E-state index >= 15 is 0 Å². The van der Waals surface area contributed by atoms with Crippen molar-refractivity contribution in [3.63, 3.8) is 0 Å². The second-order valence-electron chi connectivity index (χ2n) is 7.86. The molecule has 0 aromatic heterocycles. The van der Waals surface area contributed by atoms with E-state index in [9.17, 15) is 9.90 Å². The van der Waals surface area contributed by atoms with Crippen LogP contribution in [0.25, 0.3) is 10.8 Å². The van der Waals surface area contributed by atoms with E-state index in [1.54, 1.807) is 6.07 Å². The molecule has 3 aromatic carbocycles. The summed E-state index contributed by atoms with van der Waals surface area (Å²) in [5, 5.41) is 19.6. The lowest BCUT2D eigenvalue weighted by Crippen LogP contribution is -2.30. The maximum Gasteiger partial charge on any atom is 0.251 e.